The molecular formula is C14H15Cl2N3O3. The van der Waals surface area contributed by atoms with Gasteiger partial charge in [-0.15, -0.1) is 0 Å². The van der Waals surface area contributed by atoms with Gasteiger partial charge in [-0.1, -0.05) is 23.2 Å². The van der Waals surface area contributed by atoms with Gasteiger partial charge in [0.1, 0.15) is 6.54 Å². The Labute approximate surface area is 137 Å². The molecule has 2 rings (SSSR count). The van der Waals surface area contributed by atoms with E-state index < -0.39 is 0 Å². The summed E-state index contributed by atoms with van der Waals surface area (Å²) in [6, 6.07) is 3.01. The molecule has 1 aromatic heterocycles. The van der Waals surface area contributed by atoms with Crippen LogP contribution in [0.15, 0.2) is 23.3 Å². The Morgan fingerprint density at radius 1 is 1.41 bits per heavy atom. The predicted octanol–water partition coefficient (Wildman–Crippen LogP) is 1.86. The van der Waals surface area contributed by atoms with Gasteiger partial charge in [-0.2, -0.15) is 0 Å². The van der Waals surface area contributed by atoms with Gasteiger partial charge in [0.15, 0.2) is 0 Å². The SMILES string of the molecule is COCCCNC(=O)Cn1cnc2c(Cl)cc(Cl)cc2c1=O. The molecule has 0 aliphatic rings. The summed E-state index contributed by atoms with van der Waals surface area (Å²) in [7, 11) is 1.60. The smallest absolute Gasteiger partial charge is 0.261 e. The zero-order valence-electron chi connectivity index (χ0n) is 11.9. The molecule has 0 radical (unpaired) electrons. The van der Waals surface area contributed by atoms with Gasteiger partial charge in [0.2, 0.25) is 5.91 Å². The molecule has 8 heteroatoms. The standard InChI is InChI=1S/C14H15Cl2N3O3/c1-22-4-2-3-17-12(20)7-19-8-18-13-10(14(19)21)5-9(15)6-11(13)16/h5-6,8H,2-4,7H2,1H3,(H,17,20). The lowest BCUT2D eigenvalue weighted by Crippen LogP contribution is -2.33. The maximum absolute atomic E-state index is 12.4. The molecule has 6 nitrogen and oxygen atoms in total. The fourth-order valence-electron chi connectivity index (χ4n) is 1.96. The normalized spacial score (nSPS) is 10.9. The predicted molar refractivity (Wildman–Crippen MR) is 85.5 cm³/mol. The number of halogens is 2. The first-order valence-electron chi connectivity index (χ1n) is 6.62. The average molecular weight is 344 g/mol. The van der Waals surface area contributed by atoms with E-state index in [4.69, 9.17) is 27.9 Å². The van der Waals surface area contributed by atoms with E-state index in [1.165, 1.54) is 23.0 Å². The Balaban J connectivity index is 2.17. The minimum atomic E-state index is -0.360. The topological polar surface area (TPSA) is 73.2 Å². The molecule has 0 fully saturated rings. The van der Waals surface area contributed by atoms with Crippen molar-refractivity contribution in [2.24, 2.45) is 0 Å². The fourth-order valence-corrected chi connectivity index (χ4v) is 2.50. The molecule has 1 aromatic carbocycles. The fraction of sp³-hybridized carbons (Fsp3) is 0.357. The van der Waals surface area contributed by atoms with Crippen LogP contribution in [0.3, 0.4) is 0 Å². The van der Waals surface area contributed by atoms with Crippen molar-refractivity contribution in [3.05, 3.63) is 38.9 Å². The summed E-state index contributed by atoms with van der Waals surface area (Å²) >= 11 is 11.9. The van der Waals surface area contributed by atoms with Gasteiger partial charge < -0.3 is 10.1 Å². The maximum Gasteiger partial charge on any atom is 0.261 e. The molecule has 1 heterocycles. The molecule has 0 saturated carbocycles. The number of rotatable bonds is 6. The van der Waals surface area contributed by atoms with Crippen LogP contribution in [0.4, 0.5) is 0 Å². The van der Waals surface area contributed by atoms with E-state index in [1.54, 1.807) is 7.11 Å². The van der Waals surface area contributed by atoms with Gasteiger partial charge in [0.05, 0.1) is 22.3 Å². The molecule has 1 amide bonds. The monoisotopic (exact) mass is 343 g/mol. The number of aromatic nitrogens is 2. The highest BCUT2D eigenvalue weighted by Gasteiger charge is 2.11. The van der Waals surface area contributed by atoms with E-state index in [0.717, 1.165) is 0 Å². The molecule has 0 atom stereocenters. The van der Waals surface area contributed by atoms with E-state index in [2.05, 4.69) is 10.3 Å². The van der Waals surface area contributed by atoms with Crippen molar-refractivity contribution in [2.45, 2.75) is 13.0 Å². The third-order valence-corrected chi connectivity index (χ3v) is 3.51. The number of carbonyl (C=O) groups excluding carboxylic acids is 1. The number of hydrogen-bond acceptors (Lipinski definition) is 4. The quantitative estimate of drug-likeness (QED) is 0.812. The highest BCUT2D eigenvalue weighted by atomic mass is 35.5. The first-order chi connectivity index (χ1) is 10.5. The Morgan fingerprint density at radius 3 is 2.91 bits per heavy atom. The van der Waals surface area contributed by atoms with Gasteiger partial charge in [-0.3, -0.25) is 14.2 Å². The van der Waals surface area contributed by atoms with Gasteiger partial charge in [-0.05, 0) is 18.6 Å². The summed E-state index contributed by atoms with van der Waals surface area (Å²) in [4.78, 5) is 28.3. The van der Waals surface area contributed by atoms with Gasteiger partial charge in [0.25, 0.3) is 5.56 Å². The molecule has 0 unspecified atom stereocenters. The minimum Gasteiger partial charge on any atom is -0.385 e. The lowest BCUT2D eigenvalue weighted by atomic mass is 10.2. The summed E-state index contributed by atoms with van der Waals surface area (Å²) in [5, 5.41) is 3.64. The molecule has 2 aromatic rings. The number of nitrogens with zero attached hydrogens (tertiary/aromatic N) is 2. The maximum atomic E-state index is 12.4. The number of ether oxygens (including phenoxy) is 1. The van der Waals surface area contributed by atoms with E-state index in [1.807, 2.05) is 0 Å². The first kappa shape index (κ1) is 16.7. The largest absolute Gasteiger partial charge is 0.385 e. The summed E-state index contributed by atoms with van der Waals surface area (Å²) in [6.45, 7) is 0.938. The second-order valence-corrected chi connectivity index (χ2v) is 5.50. The number of carbonyl (C=O) groups is 1. The van der Waals surface area contributed by atoms with Crippen molar-refractivity contribution < 1.29 is 9.53 Å². The van der Waals surface area contributed by atoms with E-state index in [0.29, 0.717) is 35.1 Å². The van der Waals surface area contributed by atoms with Crippen molar-refractivity contribution in [2.75, 3.05) is 20.3 Å². The molecule has 22 heavy (non-hydrogen) atoms. The Kier molecular flexibility index (Phi) is 5.76. The van der Waals surface area contributed by atoms with Crippen molar-refractivity contribution in [1.29, 1.82) is 0 Å². The Hall–Kier alpha value is -1.63. The lowest BCUT2D eigenvalue weighted by molar-refractivity contribution is -0.121. The van der Waals surface area contributed by atoms with Gasteiger partial charge in [-0.25, -0.2) is 4.98 Å². The second-order valence-electron chi connectivity index (χ2n) is 4.66. The van der Waals surface area contributed by atoms with Crippen LogP contribution in [-0.4, -0.2) is 35.7 Å². The van der Waals surface area contributed by atoms with E-state index >= 15 is 0 Å². The van der Waals surface area contributed by atoms with Crippen LogP contribution in [0, 0.1) is 0 Å². The van der Waals surface area contributed by atoms with Crippen molar-refractivity contribution in [3.8, 4) is 0 Å². The Bertz CT molecular complexity index is 746. The third-order valence-electron chi connectivity index (χ3n) is 3.01. The average Bonchev–Trinajstić information content (AvgIpc) is 2.47. The first-order valence-corrected chi connectivity index (χ1v) is 7.38. The Morgan fingerprint density at radius 2 is 2.18 bits per heavy atom. The zero-order chi connectivity index (χ0) is 16.1. The molecule has 118 valence electrons. The lowest BCUT2D eigenvalue weighted by Gasteiger charge is -2.08. The van der Waals surface area contributed by atoms with Crippen LogP contribution in [0.2, 0.25) is 10.0 Å². The molecule has 0 aliphatic carbocycles. The van der Waals surface area contributed by atoms with Crippen LogP contribution < -0.4 is 10.9 Å². The van der Waals surface area contributed by atoms with Crippen LogP contribution in [-0.2, 0) is 16.1 Å². The van der Waals surface area contributed by atoms with Crippen molar-refractivity contribution in [1.82, 2.24) is 14.9 Å². The number of amides is 1. The summed E-state index contributed by atoms with van der Waals surface area (Å²) < 4.78 is 6.11. The molecular weight excluding hydrogens is 329 g/mol. The molecule has 0 aliphatic heterocycles. The highest BCUT2D eigenvalue weighted by Crippen LogP contribution is 2.23. The van der Waals surface area contributed by atoms with Crippen LogP contribution in [0.1, 0.15) is 6.42 Å². The number of nitrogens with one attached hydrogen (secondary N) is 1. The number of fused-ring (bicyclic) bond motifs is 1. The van der Waals surface area contributed by atoms with E-state index in [-0.39, 0.29) is 23.4 Å². The summed E-state index contributed by atoms with van der Waals surface area (Å²) in [5.41, 5.74) is 0.00857. The van der Waals surface area contributed by atoms with Gasteiger partial charge in [0, 0.05) is 25.3 Å². The van der Waals surface area contributed by atoms with Crippen molar-refractivity contribution >= 4 is 40.0 Å². The van der Waals surface area contributed by atoms with E-state index in [9.17, 15) is 9.59 Å². The highest BCUT2D eigenvalue weighted by molar-refractivity contribution is 6.38. The number of methoxy groups -OCH3 is 1. The number of hydrogen-bond donors (Lipinski definition) is 1. The van der Waals surface area contributed by atoms with Crippen LogP contribution in [0.25, 0.3) is 10.9 Å². The molecule has 0 saturated heterocycles. The molecule has 0 spiro atoms. The minimum absolute atomic E-state index is 0.112. The second kappa shape index (κ2) is 7.58. The number of benzene rings is 1. The van der Waals surface area contributed by atoms with Crippen LogP contribution >= 0.6 is 23.2 Å². The summed E-state index contributed by atoms with van der Waals surface area (Å²) in [5.74, 6) is -0.271. The third kappa shape index (κ3) is 3.97. The zero-order valence-corrected chi connectivity index (χ0v) is 13.4. The molecule has 0 bridgehead atoms. The summed E-state index contributed by atoms with van der Waals surface area (Å²) in [6.07, 6.45) is 2.01. The van der Waals surface area contributed by atoms with Gasteiger partial charge >= 0.3 is 0 Å². The molecule has 1 N–H and O–H groups in total. The van der Waals surface area contributed by atoms with Crippen molar-refractivity contribution in [3.63, 3.8) is 0 Å². The van der Waals surface area contributed by atoms with Crippen LogP contribution in [0.5, 0.6) is 0 Å².